The normalized spacial score (nSPS) is 20.4. The maximum atomic E-state index is 12.9. The molecule has 0 spiro atoms. The summed E-state index contributed by atoms with van der Waals surface area (Å²) in [6, 6.07) is 6.75. The number of benzene rings is 1. The standard InChI is InChI=1S/C20H26N2O5/c23-18(24)9-8-17-3-1-2-10-22(17)20(26)16-6-4-15(5-7-16)19(25)21-11-13-27-14-12-21/h4-7,17H,1-3,8-14H2,(H,23,24)/t17-/m1/s1. The molecule has 2 amide bonds. The number of hydrogen-bond acceptors (Lipinski definition) is 4. The maximum Gasteiger partial charge on any atom is 0.303 e. The number of nitrogens with zero attached hydrogens (tertiary/aromatic N) is 2. The van der Waals surface area contributed by atoms with Gasteiger partial charge in [-0.25, -0.2) is 0 Å². The summed E-state index contributed by atoms with van der Waals surface area (Å²) >= 11 is 0. The molecular weight excluding hydrogens is 348 g/mol. The molecule has 1 aromatic rings. The minimum Gasteiger partial charge on any atom is -0.481 e. The minimum atomic E-state index is -0.834. The van der Waals surface area contributed by atoms with E-state index in [9.17, 15) is 14.4 Å². The lowest BCUT2D eigenvalue weighted by Crippen LogP contribution is -2.44. The first-order valence-corrected chi connectivity index (χ1v) is 9.56. The molecule has 7 heteroatoms. The molecule has 0 saturated carbocycles. The highest BCUT2D eigenvalue weighted by Crippen LogP contribution is 2.23. The Morgan fingerprint density at radius 2 is 1.59 bits per heavy atom. The Morgan fingerprint density at radius 3 is 2.22 bits per heavy atom. The number of ether oxygens (including phenoxy) is 1. The van der Waals surface area contributed by atoms with Crippen LogP contribution >= 0.6 is 0 Å². The number of amides is 2. The van der Waals surface area contributed by atoms with Crippen molar-refractivity contribution >= 4 is 17.8 Å². The van der Waals surface area contributed by atoms with Crippen LogP contribution in [0, 0.1) is 0 Å². The Morgan fingerprint density at radius 1 is 0.963 bits per heavy atom. The zero-order valence-electron chi connectivity index (χ0n) is 15.4. The summed E-state index contributed by atoms with van der Waals surface area (Å²) in [5.74, 6) is -0.969. The molecule has 2 saturated heterocycles. The van der Waals surface area contributed by atoms with Gasteiger partial charge in [-0.15, -0.1) is 0 Å². The highest BCUT2D eigenvalue weighted by Gasteiger charge is 2.28. The molecule has 7 nitrogen and oxygen atoms in total. The lowest BCUT2D eigenvalue weighted by atomic mass is 9.96. The number of likely N-dealkylation sites (tertiary alicyclic amines) is 1. The summed E-state index contributed by atoms with van der Waals surface area (Å²) in [6.07, 6.45) is 3.34. The second kappa shape index (κ2) is 8.99. The van der Waals surface area contributed by atoms with Gasteiger partial charge in [0, 0.05) is 43.2 Å². The van der Waals surface area contributed by atoms with Crippen LogP contribution in [0.4, 0.5) is 0 Å². The fourth-order valence-corrected chi connectivity index (χ4v) is 3.73. The van der Waals surface area contributed by atoms with Crippen LogP contribution in [0.3, 0.4) is 0 Å². The van der Waals surface area contributed by atoms with Gasteiger partial charge in [0.05, 0.1) is 13.2 Å². The van der Waals surface area contributed by atoms with Crippen LogP contribution in [-0.2, 0) is 9.53 Å². The van der Waals surface area contributed by atoms with Crippen molar-refractivity contribution in [3.8, 4) is 0 Å². The summed E-state index contributed by atoms with van der Waals surface area (Å²) in [6.45, 7) is 2.92. The third-order valence-corrected chi connectivity index (χ3v) is 5.26. The van der Waals surface area contributed by atoms with Crippen LogP contribution in [-0.4, -0.2) is 71.6 Å². The van der Waals surface area contributed by atoms with Crippen molar-refractivity contribution in [2.24, 2.45) is 0 Å². The van der Waals surface area contributed by atoms with E-state index in [2.05, 4.69) is 0 Å². The zero-order chi connectivity index (χ0) is 19.2. The van der Waals surface area contributed by atoms with E-state index in [1.54, 1.807) is 34.1 Å². The number of piperidine rings is 1. The number of rotatable bonds is 5. The molecule has 1 N–H and O–H groups in total. The van der Waals surface area contributed by atoms with Crippen molar-refractivity contribution in [3.63, 3.8) is 0 Å². The highest BCUT2D eigenvalue weighted by atomic mass is 16.5. The molecule has 0 aromatic heterocycles. The van der Waals surface area contributed by atoms with Crippen LogP contribution in [0.2, 0.25) is 0 Å². The molecule has 1 atom stereocenters. The van der Waals surface area contributed by atoms with Gasteiger partial charge in [-0.2, -0.15) is 0 Å². The Labute approximate surface area is 158 Å². The number of morpholine rings is 1. The number of carbonyl (C=O) groups excluding carboxylic acids is 2. The smallest absolute Gasteiger partial charge is 0.303 e. The first kappa shape index (κ1) is 19.4. The van der Waals surface area contributed by atoms with Gasteiger partial charge >= 0.3 is 5.97 Å². The van der Waals surface area contributed by atoms with E-state index in [0.717, 1.165) is 19.3 Å². The lowest BCUT2D eigenvalue weighted by molar-refractivity contribution is -0.137. The third kappa shape index (κ3) is 4.86. The second-order valence-corrected chi connectivity index (χ2v) is 7.06. The van der Waals surface area contributed by atoms with Crippen molar-refractivity contribution in [1.82, 2.24) is 9.80 Å². The molecule has 2 aliphatic rings. The number of carboxylic acid groups (broad SMARTS) is 1. The Balaban J connectivity index is 1.66. The van der Waals surface area contributed by atoms with Gasteiger partial charge in [0.25, 0.3) is 11.8 Å². The largest absolute Gasteiger partial charge is 0.481 e. The quantitative estimate of drug-likeness (QED) is 0.852. The maximum absolute atomic E-state index is 12.9. The van der Waals surface area contributed by atoms with Crippen molar-refractivity contribution in [1.29, 1.82) is 0 Å². The summed E-state index contributed by atoms with van der Waals surface area (Å²) < 4.78 is 5.27. The molecule has 0 bridgehead atoms. The molecule has 2 heterocycles. The second-order valence-electron chi connectivity index (χ2n) is 7.06. The fourth-order valence-electron chi connectivity index (χ4n) is 3.73. The SMILES string of the molecule is O=C(O)CC[C@H]1CCCCN1C(=O)c1ccc(C(=O)N2CCOCC2)cc1. The topological polar surface area (TPSA) is 87.2 Å². The van der Waals surface area contributed by atoms with Gasteiger partial charge in [0.1, 0.15) is 0 Å². The number of carbonyl (C=O) groups is 3. The van der Waals surface area contributed by atoms with Gasteiger partial charge in [0.2, 0.25) is 0 Å². The average molecular weight is 374 g/mol. The molecule has 0 aliphatic carbocycles. The van der Waals surface area contributed by atoms with E-state index >= 15 is 0 Å². The van der Waals surface area contributed by atoms with Gasteiger partial charge in [-0.05, 0) is 49.9 Å². The van der Waals surface area contributed by atoms with E-state index in [1.807, 2.05) is 0 Å². The number of carboxylic acids is 1. The van der Waals surface area contributed by atoms with Gasteiger partial charge < -0.3 is 19.6 Å². The number of hydrogen-bond donors (Lipinski definition) is 1. The van der Waals surface area contributed by atoms with Gasteiger partial charge in [-0.3, -0.25) is 14.4 Å². The van der Waals surface area contributed by atoms with Gasteiger partial charge in [-0.1, -0.05) is 0 Å². The average Bonchev–Trinajstić information content (AvgIpc) is 2.72. The molecule has 27 heavy (non-hydrogen) atoms. The fraction of sp³-hybridized carbons (Fsp3) is 0.550. The van der Waals surface area contributed by atoms with Gasteiger partial charge in [0.15, 0.2) is 0 Å². The van der Waals surface area contributed by atoms with Crippen LogP contribution in [0.15, 0.2) is 24.3 Å². The molecule has 146 valence electrons. The van der Waals surface area contributed by atoms with Crippen LogP contribution in [0.5, 0.6) is 0 Å². The van der Waals surface area contributed by atoms with E-state index in [0.29, 0.717) is 50.4 Å². The van der Waals surface area contributed by atoms with E-state index < -0.39 is 5.97 Å². The van der Waals surface area contributed by atoms with Crippen molar-refractivity contribution < 1.29 is 24.2 Å². The molecule has 0 unspecified atom stereocenters. The highest BCUT2D eigenvalue weighted by molar-refractivity contribution is 5.98. The predicted molar refractivity (Wildman–Crippen MR) is 98.7 cm³/mol. The van der Waals surface area contributed by atoms with Crippen LogP contribution < -0.4 is 0 Å². The van der Waals surface area contributed by atoms with E-state index in [4.69, 9.17) is 9.84 Å². The van der Waals surface area contributed by atoms with Crippen molar-refractivity contribution in [3.05, 3.63) is 35.4 Å². The lowest BCUT2D eigenvalue weighted by Gasteiger charge is -2.35. The first-order valence-electron chi connectivity index (χ1n) is 9.56. The summed E-state index contributed by atoms with van der Waals surface area (Å²) in [5.41, 5.74) is 1.10. The molecule has 1 aromatic carbocycles. The third-order valence-electron chi connectivity index (χ3n) is 5.26. The molecule has 2 fully saturated rings. The molecule has 3 rings (SSSR count). The first-order chi connectivity index (χ1) is 13.1. The Bertz CT molecular complexity index is 682. The Hall–Kier alpha value is -2.41. The molecule has 2 aliphatic heterocycles. The van der Waals surface area contributed by atoms with E-state index in [1.165, 1.54) is 0 Å². The van der Waals surface area contributed by atoms with Crippen LogP contribution in [0.25, 0.3) is 0 Å². The van der Waals surface area contributed by atoms with Crippen molar-refractivity contribution in [2.45, 2.75) is 38.1 Å². The monoisotopic (exact) mass is 374 g/mol. The summed E-state index contributed by atoms with van der Waals surface area (Å²) in [7, 11) is 0. The predicted octanol–water partition coefficient (Wildman–Crippen LogP) is 2.02. The Kier molecular flexibility index (Phi) is 6.45. The number of aliphatic carboxylic acids is 1. The summed E-state index contributed by atoms with van der Waals surface area (Å²) in [5, 5.41) is 8.93. The van der Waals surface area contributed by atoms with Crippen LogP contribution in [0.1, 0.15) is 52.8 Å². The molecule has 0 radical (unpaired) electrons. The minimum absolute atomic E-state index is 0.0305. The van der Waals surface area contributed by atoms with E-state index in [-0.39, 0.29) is 24.3 Å². The summed E-state index contributed by atoms with van der Waals surface area (Å²) in [4.78, 5) is 39.8. The van der Waals surface area contributed by atoms with Crippen molar-refractivity contribution in [2.75, 3.05) is 32.8 Å². The zero-order valence-corrected chi connectivity index (χ0v) is 15.4. The molecular formula is C20H26N2O5.